The van der Waals surface area contributed by atoms with E-state index in [1.807, 2.05) is 19.2 Å². The van der Waals surface area contributed by atoms with Crippen LogP contribution in [0.4, 0.5) is 4.39 Å². The maximum atomic E-state index is 14.0. The van der Waals surface area contributed by atoms with Crippen molar-refractivity contribution < 1.29 is 4.39 Å². The fourth-order valence-electron chi connectivity index (χ4n) is 3.84. The van der Waals surface area contributed by atoms with E-state index in [-0.39, 0.29) is 11.9 Å². The molecular formula is C17H26FN3. The number of benzene rings is 1. The highest BCUT2D eigenvalue weighted by Gasteiger charge is 2.35. The Hall–Kier alpha value is -0.970. The molecule has 0 saturated carbocycles. The van der Waals surface area contributed by atoms with Crippen molar-refractivity contribution in [1.82, 2.24) is 15.1 Å². The molecule has 3 rings (SSSR count). The van der Waals surface area contributed by atoms with Gasteiger partial charge in [0.1, 0.15) is 5.82 Å². The molecule has 0 aliphatic carbocycles. The van der Waals surface area contributed by atoms with E-state index in [1.165, 1.54) is 19.4 Å². The topological polar surface area (TPSA) is 18.5 Å². The fourth-order valence-corrected chi connectivity index (χ4v) is 3.84. The highest BCUT2D eigenvalue weighted by molar-refractivity contribution is 5.21. The molecular weight excluding hydrogens is 265 g/mol. The molecule has 3 unspecified atom stereocenters. The Bertz CT molecular complexity index is 479. The second kappa shape index (κ2) is 6.42. The normalized spacial score (nSPS) is 28.5. The third-order valence-electron chi connectivity index (χ3n) is 5.11. The zero-order valence-electron chi connectivity index (χ0n) is 13.1. The Balaban J connectivity index is 1.70. The Morgan fingerprint density at radius 1 is 1.33 bits per heavy atom. The van der Waals surface area contributed by atoms with Crippen molar-refractivity contribution in [2.24, 2.45) is 0 Å². The summed E-state index contributed by atoms with van der Waals surface area (Å²) in [5.74, 6) is -0.107. The van der Waals surface area contributed by atoms with Crippen molar-refractivity contribution in [2.45, 2.75) is 37.9 Å². The van der Waals surface area contributed by atoms with Gasteiger partial charge >= 0.3 is 0 Å². The van der Waals surface area contributed by atoms with Gasteiger partial charge in [-0.2, -0.15) is 0 Å². The zero-order chi connectivity index (χ0) is 14.8. The maximum Gasteiger partial charge on any atom is 0.128 e. The molecule has 3 nitrogen and oxygen atoms in total. The Morgan fingerprint density at radius 2 is 2.14 bits per heavy atom. The summed E-state index contributed by atoms with van der Waals surface area (Å²) in [4.78, 5) is 5.15. The number of rotatable bonds is 4. The van der Waals surface area contributed by atoms with E-state index in [2.05, 4.69) is 22.0 Å². The first-order chi connectivity index (χ1) is 10.2. The van der Waals surface area contributed by atoms with Crippen molar-refractivity contribution in [3.8, 4) is 0 Å². The second-order valence-corrected chi connectivity index (χ2v) is 6.46. The molecule has 0 radical (unpaired) electrons. The molecule has 21 heavy (non-hydrogen) atoms. The number of hydrogen-bond acceptors (Lipinski definition) is 3. The zero-order valence-corrected chi connectivity index (χ0v) is 13.1. The Labute approximate surface area is 127 Å². The van der Waals surface area contributed by atoms with Gasteiger partial charge in [0.05, 0.1) is 0 Å². The molecule has 0 bridgehead atoms. The molecule has 2 heterocycles. The minimum absolute atomic E-state index is 0.0570. The van der Waals surface area contributed by atoms with Crippen molar-refractivity contribution in [3.63, 3.8) is 0 Å². The van der Waals surface area contributed by atoms with Crippen LogP contribution in [0, 0.1) is 5.82 Å². The van der Waals surface area contributed by atoms with Crippen LogP contribution in [0.25, 0.3) is 0 Å². The SMILES string of the molecule is CNC(CN1CC2CCCN2CC1C)c1ccccc1F. The molecule has 1 N–H and O–H groups in total. The first-order valence-electron chi connectivity index (χ1n) is 8.09. The average molecular weight is 291 g/mol. The summed E-state index contributed by atoms with van der Waals surface area (Å²) < 4.78 is 14.0. The number of likely N-dealkylation sites (N-methyl/N-ethyl adjacent to an activating group) is 1. The summed E-state index contributed by atoms with van der Waals surface area (Å²) in [7, 11) is 1.92. The van der Waals surface area contributed by atoms with Gasteiger partial charge in [-0.05, 0) is 39.4 Å². The second-order valence-electron chi connectivity index (χ2n) is 6.46. The lowest BCUT2D eigenvalue weighted by Gasteiger charge is -2.43. The average Bonchev–Trinajstić information content (AvgIpc) is 2.92. The smallest absolute Gasteiger partial charge is 0.128 e. The van der Waals surface area contributed by atoms with Crippen LogP contribution in [-0.2, 0) is 0 Å². The largest absolute Gasteiger partial charge is 0.312 e. The monoisotopic (exact) mass is 291 g/mol. The van der Waals surface area contributed by atoms with Crippen molar-refractivity contribution >= 4 is 0 Å². The van der Waals surface area contributed by atoms with Crippen LogP contribution in [0.2, 0.25) is 0 Å². The summed E-state index contributed by atoms with van der Waals surface area (Å²) in [5.41, 5.74) is 0.779. The van der Waals surface area contributed by atoms with Gasteiger partial charge in [-0.1, -0.05) is 18.2 Å². The maximum absolute atomic E-state index is 14.0. The van der Waals surface area contributed by atoms with Crippen molar-refractivity contribution in [1.29, 1.82) is 0 Å². The van der Waals surface area contributed by atoms with Gasteiger partial charge in [-0.25, -0.2) is 4.39 Å². The molecule has 3 atom stereocenters. The van der Waals surface area contributed by atoms with E-state index < -0.39 is 0 Å². The molecule has 0 spiro atoms. The van der Waals surface area contributed by atoms with Gasteiger partial charge in [-0.3, -0.25) is 9.80 Å². The van der Waals surface area contributed by atoms with Crippen LogP contribution < -0.4 is 5.32 Å². The van der Waals surface area contributed by atoms with Gasteiger partial charge in [-0.15, -0.1) is 0 Å². The summed E-state index contributed by atoms with van der Waals surface area (Å²) in [6.07, 6.45) is 2.64. The summed E-state index contributed by atoms with van der Waals surface area (Å²) >= 11 is 0. The van der Waals surface area contributed by atoms with Crippen LogP contribution >= 0.6 is 0 Å². The van der Waals surface area contributed by atoms with Crippen molar-refractivity contribution in [2.75, 3.05) is 33.2 Å². The van der Waals surface area contributed by atoms with Gasteiger partial charge < -0.3 is 5.32 Å². The summed E-state index contributed by atoms with van der Waals surface area (Å²) in [6.45, 7) is 6.70. The number of halogens is 1. The minimum atomic E-state index is -0.107. The Morgan fingerprint density at radius 3 is 2.90 bits per heavy atom. The first kappa shape index (κ1) is 14.9. The third kappa shape index (κ3) is 3.12. The van der Waals surface area contributed by atoms with Gasteiger partial charge in [0.25, 0.3) is 0 Å². The highest BCUT2D eigenvalue weighted by Crippen LogP contribution is 2.26. The standard InChI is InChI=1S/C17H26FN3/c1-13-10-20-9-5-6-14(20)11-21(13)12-17(19-2)15-7-3-4-8-16(15)18/h3-4,7-8,13-14,17,19H,5-6,9-12H2,1-2H3. The Kier molecular flexibility index (Phi) is 4.57. The summed E-state index contributed by atoms with van der Waals surface area (Å²) in [6, 6.07) is 8.43. The molecule has 2 fully saturated rings. The number of fused-ring (bicyclic) bond motifs is 1. The van der Waals surface area contributed by atoms with Crippen molar-refractivity contribution in [3.05, 3.63) is 35.6 Å². The molecule has 1 aromatic rings. The van der Waals surface area contributed by atoms with E-state index in [0.717, 1.165) is 25.2 Å². The minimum Gasteiger partial charge on any atom is -0.312 e. The highest BCUT2D eigenvalue weighted by atomic mass is 19.1. The van der Waals surface area contributed by atoms with Gasteiger partial charge in [0.15, 0.2) is 0 Å². The van der Waals surface area contributed by atoms with Gasteiger partial charge in [0, 0.05) is 43.3 Å². The van der Waals surface area contributed by atoms with E-state index in [9.17, 15) is 4.39 Å². The predicted octanol–water partition coefficient (Wildman–Crippen LogP) is 2.25. The quantitative estimate of drug-likeness (QED) is 0.918. The summed E-state index contributed by atoms with van der Waals surface area (Å²) in [5, 5.41) is 3.29. The van der Waals surface area contributed by atoms with Crippen LogP contribution in [0.3, 0.4) is 0 Å². The van der Waals surface area contributed by atoms with Crippen LogP contribution in [-0.4, -0.2) is 55.1 Å². The first-order valence-corrected chi connectivity index (χ1v) is 8.09. The number of piperazine rings is 1. The third-order valence-corrected chi connectivity index (χ3v) is 5.11. The lowest BCUT2D eigenvalue weighted by molar-refractivity contribution is 0.0527. The number of nitrogens with zero attached hydrogens (tertiary/aromatic N) is 2. The van der Waals surface area contributed by atoms with Crippen LogP contribution in [0.15, 0.2) is 24.3 Å². The lowest BCUT2D eigenvalue weighted by Crippen LogP contribution is -2.56. The van der Waals surface area contributed by atoms with E-state index in [1.54, 1.807) is 12.1 Å². The molecule has 0 amide bonds. The van der Waals surface area contributed by atoms with E-state index in [4.69, 9.17) is 0 Å². The molecule has 116 valence electrons. The molecule has 1 aromatic carbocycles. The molecule has 0 aromatic heterocycles. The number of nitrogens with one attached hydrogen (secondary N) is 1. The molecule has 4 heteroatoms. The number of hydrogen-bond donors (Lipinski definition) is 1. The molecule has 2 aliphatic rings. The predicted molar refractivity (Wildman–Crippen MR) is 83.8 cm³/mol. The van der Waals surface area contributed by atoms with E-state index >= 15 is 0 Å². The van der Waals surface area contributed by atoms with Gasteiger partial charge in [0.2, 0.25) is 0 Å². The van der Waals surface area contributed by atoms with Crippen LogP contribution in [0.1, 0.15) is 31.4 Å². The van der Waals surface area contributed by atoms with Crippen LogP contribution in [0.5, 0.6) is 0 Å². The fraction of sp³-hybridized carbons (Fsp3) is 0.647. The lowest BCUT2D eigenvalue weighted by atomic mass is 10.0. The molecule has 2 saturated heterocycles. The van der Waals surface area contributed by atoms with E-state index in [0.29, 0.717) is 12.1 Å². The molecule has 2 aliphatic heterocycles.